The second-order valence-corrected chi connectivity index (χ2v) is 3.10. The quantitative estimate of drug-likeness (QED) is 0.665. The first kappa shape index (κ1) is 9.01. The zero-order valence-corrected chi connectivity index (χ0v) is 7.77. The van der Waals surface area contributed by atoms with Crippen LogP contribution in [0.2, 0.25) is 0 Å². The number of carbonyl (C=O) groups excluding carboxylic acids is 1. The van der Waals surface area contributed by atoms with Crippen LogP contribution in [0.15, 0.2) is 6.20 Å². The Kier molecular flexibility index (Phi) is 2.12. The average molecular weight is 197 g/mol. The minimum atomic E-state index is -0.513. The molecule has 1 saturated heterocycles. The molecule has 0 spiro atoms. The van der Waals surface area contributed by atoms with Crippen LogP contribution < -0.4 is 5.73 Å². The van der Waals surface area contributed by atoms with Crippen molar-refractivity contribution in [2.75, 3.05) is 26.1 Å². The van der Waals surface area contributed by atoms with Crippen molar-refractivity contribution >= 4 is 11.7 Å². The van der Waals surface area contributed by atoms with E-state index in [4.69, 9.17) is 10.5 Å². The molecule has 6 nitrogen and oxygen atoms in total. The Morgan fingerprint density at radius 2 is 2.50 bits per heavy atom. The van der Waals surface area contributed by atoms with Crippen LogP contribution >= 0.6 is 0 Å². The van der Waals surface area contributed by atoms with Gasteiger partial charge in [0, 0.05) is 6.20 Å². The predicted octanol–water partition coefficient (Wildman–Crippen LogP) is -0.177. The molecule has 0 aliphatic carbocycles. The minimum absolute atomic E-state index is 0.166. The van der Waals surface area contributed by atoms with Crippen LogP contribution in [-0.4, -0.2) is 36.1 Å². The number of esters is 1. The number of methoxy groups -OCH3 is 1. The molecule has 1 fully saturated rings. The lowest BCUT2D eigenvalue weighted by Crippen LogP contribution is -2.31. The number of anilines is 1. The van der Waals surface area contributed by atoms with Crippen LogP contribution in [0.5, 0.6) is 0 Å². The monoisotopic (exact) mass is 197 g/mol. The van der Waals surface area contributed by atoms with Gasteiger partial charge in [0.1, 0.15) is 0 Å². The van der Waals surface area contributed by atoms with Crippen LogP contribution in [0, 0.1) is 0 Å². The van der Waals surface area contributed by atoms with Crippen molar-refractivity contribution in [3.05, 3.63) is 11.9 Å². The number of hydrogen-bond donors (Lipinski definition) is 1. The first-order valence-electron chi connectivity index (χ1n) is 4.23. The molecule has 14 heavy (non-hydrogen) atoms. The maximum atomic E-state index is 11.2. The van der Waals surface area contributed by atoms with Crippen molar-refractivity contribution < 1.29 is 14.3 Å². The Morgan fingerprint density at radius 1 is 1.79 bits per heavy atom. The van der Waals surface area contributed by atoms with Crippen molar-refractivity contribution in [1.82, 2.24) is 9.78 Å². The van der Waals surface area contributed by atoms with Crippen LogP contribution in [0.3, 0.4) is 0 Å². The smallest absolute Gasteiger partial charge is 0.360 e. The lowest BCUT2D eigenvalue weighted by atomic mass is 10.3. The molecule has 0 unspecified atom stereocenters. The first-order valence-corrected chi connectivity index (χ1v) is 4.23. The summed E-state index contributed by atoms with van der Waals surface area (Å²) >= 11 is 0. The molecule has 2 heterocycles. The summed E-state index contributed by atoms with van der Waals surface area (Å²) < 4.78 is 11.2. The summed E-state index contributed by atoms with van der Waals surface area (Å²) in [5, 5.41) is 4.04. The number of nitrogens with zero attached hydrogens (tertiary/aromatic N) is 2. The third-order valence-corrected chi connectivity index (χ3v) is 2.13. The SMILES string of the molecule is COC(=O)c1nn(C2COC2)cc1N. The van der Waals surface area contributed by atoms with Gasteiger partial charge in [0.25, 0.3) is 0 Å². The lowest BCUT2D eigenvalue weighted by molar-refractivity contribution is -0.0288. The molecule has 1 aliphatic rings. The fourth-order valence-corrected chi connectivity index (χ4v) is 1.22. The summed E-state index contributed by atoms with van der Waals surface area (Å²) in [7, 11) is 1.30. The van der Waals surface area contributed by atoms with Gasteiger partial charge in [-0.1, -0.05) is 0 Å². The average Bonchev–Trinajstić information content (AvgIpc) is 2.43. The third-order valence-electron chi connectivity index (χ3n) is 2.13. The van der Waals surface area contributed by atoms with E-state index in [1.54, 1.807) is 10.9 Å². The van der Waals surface area contributed by atoms with Gasteiger partial charge in [-0.2, -0.15) is 5.10 Å². The van der Waals surface area contributed by atoms with Gasteiger partial charge in [-0.3, -0.25) is 4.68 Å². The Labute approximate surface area is 80.6 Å². The Bertz CT molecular complexity index is 357. The highest BCUT2D eigenvalue weighted by molar-refractivity contribution is 5.92. The molecule has 0 bridgehead atoms. The van der Waals surface area contributed by atoms with E-state index in [-0.39, 0.29) is 11.7 Å². The molecule has 0 radical (unpaired) electrons. The summed E-state index contributed by atoms with van der Waals surface area (Å²) in [6.45, 7) is 1.23. The van der Waals surface area contributed by atoms with Gasteiger partial charge in [0.2, 0.25) is 0 Å². The molecule has 0 aromatic carbocycles. The molecule has 2 N–H and O–H groups in total. The summed E-state index contributed by atoms with van der Waals surface area (Å²) in [5.74, 6) is -0.513. The largest absolute Gasteiger partial charge is 0.464 e. The molecule has 1 aliphatic heterocycles. The van der Waals surface area contributed by atoms with Crippen LogP contribution in [0.25, 0.3) is 0 Å². The number of rotatable bonds is 2. The molecule has 1 aromatic rings. The maximum Gasteiger partial charge on any atom is 0.360 e. The van der Waals surface area contributed by atoms with Crippen molar-refractivity contribution in [3.8, 4) is 0 Å². The van der Waals surface area contributed by atoms with E-state index in [1.807, 2.05) is 0 Å². The zero-order chi connectivity index (χ0) is 10.1. The Morgan fingerprint density at radius 3 is 3.00 bits per heavy atom. The van der Waals surface area contributed by atoms with E-state index in [2.05, 4.69) is 9.84 Å². The highest BCUT2D eigenvalue weighted by Gasteiger charge is 2.24. The van der Waals surface area contributed by atoms with Crippen LogP contribution in [-0.2, 0) is 9.47 Å². The van der Waals surface area contributed by atoms with Gasteiger partial charge in [-0.25, -0.2) is 4.79 Å². The molecule has 2 rings (SSSR count). The molecule has 1 aromatic heterocycles. The fourth-order valence-electron chi connectivity index (χ4n) is 1.22. The minimum Gasteiger partial charge on any atom is -0.464 e. The molecule has 0 atom stereocenters. The van der Waals surface area contributed by atoms with E-state index in [1.165, 1.54) is 7.11 Å². The number of nitrogens with two attached hydrogens (primary N) is 1. The number of nitrogen functional groups attached to an aromatic ring is 1. The highest BCUT2D eigenvalue weighted by atomic mass is 16.5. The molecular weight excluding hydrogens is 186 g/mol. The van der Waals surface area contributed by atoms with Crippen molar-refractivity contribution in [1.29, 1.82) is 0 Å². The van der Waals surface area contributed by atoms with Gasteiger partial charge in [-0.05, 0) is 0 Å². The Hall–Kier alpha value is -1.56. The highest BCUT2D eigenvalue weighted by Crippen LogP contribution is 2.19. The van der Waals surface area contributed by atoms with Gasteiger partial charge in [0.15, 0.2) is 5.69 Å². The summed E-state index contributed by atoms with van der Waals surface area (Å²) in [6, 6.07) is 0.190. The van der Waals surface area contributed by atoms with Gasteiger partial charge in [0.05, 0.1) is 32.1 Å². The third kappa shape index (κ3) is 1.33. The molecular formula is C8H11N3O3. The number of carbonyl (C=O) groups is 1. The van der Waals surface area contributed by atoms with E-state index >= 15 is 0 Å². The zero-order valence-electron chi connectivity index (χ0n) is 7.77. The van der Waals surface area contributed by atoms with Crippen LogP contribution in [0.4, 0.5) is 5.69 Å². The summed E-state index contributed by atoms with van der Waals surface area (Å²) in [5.41, 5.74) is 6.11. The van der Waals surface area contributed by atoms with Crippen molar-refractivity contribution in [2.24, 2.45) is 0 Å². The van der Waals surface area contributed by atoms with Gasteiger partial charge >= 0.3 is 5.97 Å². The molecule has 0 amide bonds. The van der Waals surface area contributed by atoms with E-state index in [9.17, 15) is 4.79 Å². The van der Waals surface area contributed by atoms with Crippen molar-refractivity contribution in [2.45, 2.75) is 6.04 Å². The molecule has 6 heteroatoms. The van der Waals surface area contributed by atoms with Crippen LogP contribution in [0.1, 0.15) is 16.5 Å². The molecule has 76 valence electrons. The number of ether oxygens (including phenoxy) is 2. The van der Waals surface area contributed by atoms with E-state index in [0.29, 0.717) is 18.9 Å². The van der Waals surface area contributed by atoms with Gasteiger partial charge in [-0.15, -0.1) is 0 Å². The fraction of sp³-hybridized carbons (Fsp3) is 0.500. The normalized spacial score (nSPS) is 16.4. The number of hydrogen-bond acceptors (Lipinski definition) is 5. The first-order chi connectivity index (χ1) is 6.72. The topological polar surface area (TPSA) is 79.4 Å². The summed E-state index contributed by atoms with van der Waals surface area (Å²) in [6.07, 6.45) is 1.62. The maximum absolute atomic E-state index is 11.2. The second kappa shape index (κ2) is 3.30. The molecule has 0 saturated carbocycles. The number of aromatic nitrogens is 2. The van der Waals surface area contributed by atoms with Gasteiger partial charge < -0.3 is 15.2 Å². The standard InChI is InChI=1S/C8H11N3O3/c1-13-8(12)7-6(9)2-11(10-7)5-3-14-4-5/h2,5H,3-4,9H2,1H3. The summed E-state index contributed by atoms with van der Waals surface area (Å²) in [4.78, 5) is 11.2. The predicted molar refractivity (Wildman–Crippen MR) is 47.8 cm³/mol. The lowest BCUT2D eigenvalue weighted by Gasteiger charge is -2.25. The van der Waals surface area contributed by atoms with E-state index in [0.717, 1.165) is 0 Å². The second-order valence-electron chi connectivity index (χ2n) is 3.10. The Balaban J connectivity index is 2.24. The van der Waals surface area contributed by atoms with Crippen molar-refractivity contribution in [3.63, 3.8) is 0 Å². The van der Waals surface area contributed by atoms with E-state index < -0.39 is 5.97 Å².